The summed E-state index contributed by atoms with van der Waals surface area (Å²) in [5.74, 6) is -2.52. The van der Waals surface area contributed by atoms with Gasteiger partial charge in [0.05, 0.1) is 20.3 Å². The number of carbonyl (C=O) groups is 3. The molecule has 2 N–H and O–H groups in total. The molecule has 0 unspecified atom stereocenters. The second-order valence-electron chi connectivity index (χ2n) is 3.99. The van der Waals surface area contributed by atoms with Gasteiger partial charge >= 0.3 is 17.9 Å². The Bertz CT molecular complexity index is 633. The first-order chi connectivity index (χ1) is 10.5. The largest absolute Gasteiger partial charge is 0.478 e. The van der Waals surface area contributed by atoms with Gasteiger partial charge in [-0.1, -0.05) is 12.1 Å². The van der Waals surface area contributed by atoms with E-state index in [9.17, 15) is 14.4 Å². The van der Waals surface area contributed by atoms with E-state index in [2.05, 4.69) is 14.8 Å². The molecule has 7 heteroatoms. The number of hydrogen-bond donors (Lipinski definition) is 2. The normalized spacial score (nSPS) is 11.1. The molecule has 1 aromatic rings. The van der Waals surface area contributed by atoms with Crippen LogP contribution in [0.1, 0.15) is 5.56 Å². The van der Waals surface area contributed by atoms with Crippen LogP contribution in [0.4, 0.5) is 5.69 Å². The molecule has 22 heavy (non-hydrogen) atoms. The monoisotopic (exact) mass is 305 g/mol. The molecule has 0 heterocycles. The molecule has 0 aliphatic rings. The smallest absolute Gasteiger partial charge is 0.354 e. The molecule has 0 fully saturated rings. The lowest BCUT2D eigenvalue weighted by atomic mass is 10.2. The van der Waals surface area contributed by atoms with Crippen molar-refractivity contribution in [1.82, 2.24) is 0 Å². The van der Waals surface area contributed by atoms with E-state index >= 15 is 0 Å². The molecule has 0 radical (unpaired) electrons. The maximum atomic E-state index is 11.6. The van der Waals surface area contributed by atoms with Gasteiger partial charge in [-0.25, -0.2) is 14.4 Å². The fraction of sp³-hybridized carbons (Fsp3) is 0.133. The number of methoxy groups -OCH3 is 2. The van der Waals surface area contributed by atoms with E-state index in [1.807, 2.05) is 0 Å². The average molecular weight is 305 g/mol. The Hall–Kier alpha value is -3.09. The summed E-state index contributed by atoms with van der Waals surface area (Å²) in [5, 5.41) is 11.3. The molecule has 0 amide bonds. The van der Waals surface area contributed by atoms with Crippen LogP contribution >= 0.6 is 0 Å². The van der Waals surface area contributed by atoms with Gasteiger partial charge in [0.25, 0.3) is 0 Å². The van der Waals surface area contributed by atoms with Crippen LogP contribution in [0.2, 0.25) is 0 Å². The van der Waals surface area contributed by atoms with Gasteiger partial charge in [0, 0.05) is 11.8 Å². The summed E-state index contributed by atoms with van der Waals surface area (Å²) >= 11 is 0. The molecular formula is C15H15NO6. The van der Waals surface area contributed by atoms with Crippen LogP contribution in [0.5, 0.6) is 0 Å². The molecule has 0 aromatic heterocycles. The molecular weight excluding hydrogens is 290 g/mol. The molecule has 0 aliphatic heterocycles. The van der Waals surface area contributed by atoms with Crippen LogP contribution in [0.15, 0.2) is 42.1 Å². The number of rotatable bonds is 6. The Morgan fingerprint density at radius 1 is 1.18 bits per heavy atom. The summed E-state index contributed by atoms with van der Waals surface area (Å²) in [4.78, 5) is 33.4. The van der Waals surface area contributed by atoms with E-state index in [4.69, 9.17) is 5.11 Å². The van der Waals surface area contributed by atoms with Crippen molar-refractivity contribution >= 4 is 29.7 Å². The number of benzene rings is 1. The second-order valence-corrected chi connectivity index (χ2v) is 3.99. The minimum absolute atomic E-state index is 0.103. The van der Waals surface area contributed by atoms with Gasteiger partial charge in [-0.3, -0.25) is 0 Å². The Labute approximate surface area is 126 Å². The molecule has 0 atom stereocenters. The molecule has 0 saturated carbocycles. The summed E-state index contributed by atoms with van der Waals surface area (Å²) in [6.07, 6.45) is 3.35. The van der Waals surface area contributed by atoms with E-state index in [1.165, 1.54) is 20.3 Å². The SMILES string of the molecule is COC(=O)/C=C(/Nc1cccc(C=CC(=O)O)c1)C(=O)OC. The van der Waals surface area contributed by atoms with Crippen molar-refractivity contribution in [2.75, 3.05) is 19.5 Å². The molecule has 1 rings (SSSR count). The highest BCUT2D eigenvalue weighted by Crippen LogP contribution is 2.15. The van der Waals surface area contributed by atoms with Crippen molar-refractivity contribution in [1.29, 1.82) is 0 Å². The van der Waals surface area contributed by atoms with Gasteiger partial charge < -0.3 is 19.9 Å². The average Bonchev–Trinajstić information content (AvgIpc) is 2.51. The number of esters is 2. The third-order valence-corrected chi connectivity index (χ3v) is 2.45. The third-order valence-electron chi connectivity index (χ3n) is 2.45. The van der Waals surface area contributed by atoms with Gasteiger partial charge in [0.1, 0.15) is 5.70 Å². The van der Waals surface area contributed by atoms with Crippen molar-refractivity contribution in [3.05, 3.63) is 47.7 Å². The highest BCUT2D eigenvalue weighted by atomic mass is 16.5. The van der Waals surface area contributed by atoms with E-state index < -0.39 is 17.9 Å². The first-order valence-electron chi connectivity index (χ1n) is 6.12. The Morgan fingerprint density at radius 3 is 2.50 bits per heavy atom. The fourth-order valence-electron chi connectivity index (χ4n) is 1.48. The lowest BCUT2D eigenvalue weighted by Gasteiger charge is -2.09. The number of carboxylic acids is 1. The maximum Gasteiger partial charge on any atom is 0.354 e. The lowest BCUT2D eigenvalue weighted by molar-refractivity contribution is -0.138. The topological polar surface area (TPSA) is 102 Å². The Morgan fingerprint density at radius 2 is 1.91 bits per heavy atom. The van der Waals surface area contributed by atoms with Crippen LogP contribution in [0.25, 0.3) is 6.08 Å². The van der Waals surface area contributed by atoms with Crippen LogP contribution in [-0.4, -0.2) is 37.2 Å². The Balaban J connectivity index is 3.01. The summed E-state index contributed by atoms with van der Waals surface area (Å²) < 4.78 is 9.03. The third kappa shape index (κ3) is 5.49. The molecule has 0 bridgehead atoms. The standard InChI is InChI=1S/C15H15NO6/c1-21-14(19)9-12(15(20)22-2)16-11-5-3-4-10(8-11)6-7-13(17)18/h3-9,16H,1-2H3,(H,17,18)/b7-6?,12-9+. The summed E-state index contributed by atoms with van der Waals surface area (Å²) in [6, 6.07) is 6.60. The van der Waals surface area contributed by atoms with Crippen molar-refractivity contribution in [2.45, 2.75) is 0 Å². The van der Waals surface area contributed by atoms with Crippen molar-refractivity contribution in [2.24, 2.45) is 0 Å². The van der Waals surface area contributed by atoms with E-state index in [0.717, 1.165) is 12.2 Å². The van der Waals surface area contributed by atoms with Gasteiger partial charge in [-0.05, 0) is 23.8 Å². The molecule has 116 valence electrons. The molecule has 7 nitrogen and oxygen atoms in total. The number of nitrogens with one attached hydrogen (secondary N) is 1. The minimum Gasteiger partial charge on any atom is -0.478 e. The lowest BCUT2D eigenvalue weighted by Crippen LogP contribution is -2.15. The fourth-order valence-corrected chi connectivity index (χ4v) is 1.48. The zero-order chi connectivity index (χ0) is 16.5. The van der Waals surface area contributed by atoms with Crippen molar-refractivity contribution in [3.63, 3.8) is 0 Å². The quantitative estimate of drug-likeness (QED) is 0.605. The summed E-state index contributed by atoms with van der Waals surface area (Å²) in [6.45, 7) is 0. The first kappa shape index (κ1) is 17.0. The second kappa shape index (κ2) is 8.25. The van der Waals surface area contributed by atoms with Gasteiger partial charge in [0.15, 0.2) is 0 Å². The summed E-state index contributed by atoms with van der Waals surface area (Å²) in [5.41, 5.74) is 0.983. The zero-order valence-corrected chi connectivity index (χ0v) is 12.0. The van der Waals surface area contributed by atoms with Crippen LogP contribution in [-0.2, 0) is 23.9 Å². The molecule has 0 aliphatic carbocycles. The number of aliphatic carboxylic acids is 1. The van der Waals surface area contributed by atoms with Crippen LogP contribution < -0.4 is 5.32 Å². The maximum absolute atomic E-state index is 11.6. The molecule has 1 aromatic carbocycles. The van der Waals surface area contributed by atoms with E-state index in [1.54, 1.807) is 24.3 Å². The van der Waals surface area contributed by atoms with Gasteiger partial charge in [-0.2, -0.15) is 0 Å². The van der Waals surface area contributed by atoms with Crippen molar-refractivity contribution < 1.29 is 29.0 Å². The minimum atomic E-state index is -1.07. The number of carbonyl (C=O) groups excluding carboxylic acids is 2. The van der Waals surface area contributed by atoms with Crippen molar-refractivity contribution in [3.8, 4) is 0 Å². The van der Waals surface area contributed by atoms with E-state index in [-0.39, 0.29) is 5.70 Å². The highest BCUT2D eigenvalue weighted by molar-refractivity contribution is 5.98. The summed E-state index contributed by atoms with van der Waals surface area (Å²) in [7, 11) is 2.37. The number of hydrogen-bond acceptors (Lipinski definition) is 6. The van der Waals surface area contributed by atoms with Crippen LogP contribution in [0, 0.1) is 0 Å². The Kier molecular flexibility index (Phi) is 6.36. The molecule has 0 saturated heterocycles. The predicted octanol–water partition coefficient (Wildman–Crippen LogP) is 1.43. The predicted molar refractivity (Wildman–Crippen MR) is 78.8 cm³/mol. The number of ether oxygens (including phenoxy) is 2. The molecule has 0 spiro atoms. The highest BCUT2D eigenvalue weighted by Gasteiger charge is 2.12. The number of carboxylic acid groups (broad SMARTS) is 1. The number of anilines is 1. The van der Waals surface area contributed by atoms with Crippen LogP contribution in [0.3, 0.4) is 0 Å². The first-order valence-corrected chi connectivity index (χ1v) is 6.12. The van der Waals surface area contributed by atoms with Gasteiger partial charge in [-0.15, -0.1) is 0 Å². The van der Waals surface area contributed by atoms with Gasteiger partial charge in [0.2, 0.25) is 0 Å². The van der Waals surface area contributed by atoms with E-state index in [0.29, 0.717) is 11.3 Å². The zero-order valence-electron chi connectivity index (χ0n) is 12.0.